The number of nitrogens with one attached hydrogen (secondary N) is 1. The monoisotopic (exact) mass is 417 g/mol. The summed E-state index contributed by atoms with van der Waals surface area (Å²) in [6.45, 7) is 1.74. The first-order chi connectivity index (χ1) is 13.9. The van der Waals surface area contributed by atoms with Crippen molar-refractivity contribution in [3.05, 3.63) is 64.4 Å². The molecule has 150 valence electrons. The lowest BCUT2D eigenvalue weighted by molar-refractivity contribution is 0.102. The van der Waals surface area contributed by atoms with Gasteiger partial charge in [-0.05, 0) is 36.8 Å². The van der Waals surface area contributed by atoms with Gasteiger partial charge < -0.3 is 19.5 Å². The number of aromatic nitrogens is 2. The van der Waals surface area contributed by atoms with E-state index < -0.39 is 11.7 Å². The van der Waals surface area contributed by atoms with Crippen LogP contribution in [-0.4, -0.2) is 30.1 Å². The highest BCUT2D eigenvalue weighted by atomic mass is 35.5. The first kappa shape index (κ1) is 20.3. The van der Waals surface area contributed by atoms with Crippen molar-refractivity contribution in [1.29, 1.82) is 0 Å². The minimum Gasteiger partial charge on any atom is -0.481 e. The predicted molar refractivity (Wildman–Crippen MR) is 106 cm³/mol. The number of methoxy groups -OCH3 is 2. The number of benzene rings is 2. The second-order valence-corrected chi connectivity index (χ2v) is 6.22. The summed E-state index contributed by atoms with van der Waals surface area (Å²) in [5.41, 5.74) is 0.801. The maximum Gasteiger partial charge on any atom is 0.328 e. The van der Waals surface area contributed by atoms with E-state index in [-0.39, 0.29) is 29.1 Å². The Labute approximate surface area is 171 Å². The standard InChI is InChI=1S/C20H17ClFN3O4/c1-11-12(21)6-4-8-14(11)23-19(26)18-13(22)7-5-9-15(18)29-20-24-16(27-2)10-17(25-20)28-3/h4-10H,1-3H3,(H,23,26). The highest BCUT2D eigenvalue weighted by Crippen LogP contribution is 2.30. The van der Waals surface area contributed by atoms with Gasteiger partial charge in [-0.25, -0.2) is 4.39 Å². The number of ether oxygens (including phenoxy) is 3. The zero-order valence-electron chi connectivity index (χ0n) is 15.8. The molecule has 3 rings (SSSR count). The molecule has 0 radical (unpaired) electrons. The van der Waals surface area contributed by atoms with Gasteiger partial charge >= 0.3 is 6.01 Å². The Bertz CT molecular complexity index is 1040. The van der Waals surface area contributed by atoms with Crippen molar-refractivity contribution in [2.24, 2.45) is 0 Å². The Morgan fingerprint density at radius 2 is 1.72 bits per heavy atom. The SMILES string of the molecule is COc1cc(OC)nc(Oc2cccc(F)c2C(=O)Nc2cccc(Cl)c2C)n1. The van der Waals surface area contributed by atoms with Crippen molar-refractivity contribution >= 4 is 23.2 Å². The van der Waals surface area contributed by atoms with Crippen molar-refractivity contribution in [2.75, 3.05) is 19.5 Å². The quantitative estimate of drug-likeness (QED) is 0.629. The molecule has 0 spiro atoms. The summed E-state index contributed by atoms with van der Waals surface area (Å²) in [5.74, 6) is -1.18. The van der Waals surface area contributed by atoms with Crippen LogP contribution in [0, 0.1) is 12.7 Å². The minimum absolute atomic E-state index is 0.0718. The molecule has 0 aliphatic rings. The van der Waals surface area contributed by atoms with E-state index in [9.17, 15) is 9.18 Å². The highest BCUT2D eigenvalue weighted by Gasteiger charge is 2.21. The van der Waals surface area contributed by atoms with Crippen LogP contribution in [0.5, 0.6) is 23.5 Å². The van der Waals surface area contributed by atoms with Crippen LogP contribution in [0.4, 0.5) is 10.1 Å². The van der Waals surface area contributed by atoms with Crippen molar-refractivity contribution < 1.29 is 23.4 Å². The molecule has 0 saturated carbocycles. The van der Waals surface area contributed by atoms with Gasteiger partial charge in [0.15, 0.2) is 0 Å². The van der Waals surface area contributed by atoms with E-state index in [2.05, 4.69) is 15.3 Å². The minimum atomic E-state index is -0.769. The van der Waals surface area contributed by atoms with E-state index in [0.29, 0.717) is 16.3 Å². The molecule has 2 aromatic carbocycles. The first-order valence-electron chi connectivity index (χ1n) is 8.42. The molecule has 7 nitrogen and oxygen atoms in total. The van der Waals surface area contributed by atoms with Crippen LogP contribution in [0.3, 0.4) is 0 Å². The second-order valence-electron chi connectivity index (χ2n) is 5.82. The molecule has 1 aromatic heterocycles. The Balaban J connectivity index is 1.95. The molecule has 0 aliphatic heterocycles. The number of hydrogen-bond donors (Lipinski definition) is 1. The number of rotatable bonds is 6. The third kappa shape index (κ3) is 4.55. The van der Waals surface area contributed by atoms with Gasteiger partial charge in [-0.15, -0.1) is 0 Å². The van der Waals surface area contributed by atoms with E-state index >= 15 is 0 Å². The van der Waals surface area contributed by atoms with Gasteiger partial charge in [0.25, 0.3) is 5.91 Å². The summed E-state index contributed by atoms with van der Waals surface area (Å²) in [5, 5.41) is 3.12. The van der Waals surface area contributed by atoms with Gasteiger partial charge in [-0.3, -0.25) is 4.79 Å². The van der Waals surface area contributed by atoms with Gasteiger partial charge in [0.05, 0.1) is 20.3 Å². The molecule has 3 aromatic rings. The largest absolute Gasteiger partial charge is 0.481 e. The van der Waals surface area contributed by atoms with E-state index in [1.807, 2.05) is 0 Å². The molecular weight excluding hydrogens is 401 g/mol. The molecule has 0 bridgehead atoms. The first-order valence-corrected chi connectivity index (χ1v) is 8.80. The average Bonchev–Trinajstić information content (AvgIpc) is 2.71. The fraction of sp³-hybridized carbons (Fsp3) is 0.150. The van der Waals surface area contributed by atoms with Gasteiger partial charge in [0, 0.05) is 10.7 Å². The molecule has 0 aliphatic carbocycles. The summed E-state index contributed by atoms with van der Waals surface area (Å²) in [6, 6.07) is 10.3. The summed E-state index contributed by atoms with van der Waals surface area (Å²) in [6.07, 6.45) is 0. The number of halogens is 2. The maximum atomic E-state index is 14.5. The molecule has 0 fully saturated rings. The van der Waals surface area contributed by atoms with Crippen LogP contribution in [-0.2, 0) is 0 Å². The fourth-order valence-corrected chi connectivity index (χ4v) is 2.65. The number of nitrogens with zero attached hydrogens (tertiary/aromatic N) is 2. The second kappa shape index (κ2) is 8.74. The zero-order chi connectivity index (χ0) is 21.0. The topological polar surface area (TPSA) is 82.6 Å². The number of hydrogen-bond acceptors (Lipinski definition) is 6. The highest BCUT2D eigenvalue weighted by molar-refractivity contribution is 6.31. The van der Waals surface area contributed by atoms with Crippen LogP contribution in [0.2, 0.25) is 5.02 Å². The number of amides is 1. The van der Waals surface area contributed by atoms with E-state index in [1.54, 1.807) is 25.1 Å². The van der Waals surface area contributed by atoms with E-state index in [4.69, 9.17) is 25.8 Å². The normalized spacial score (nSPS) is 10.4. The molecule has 1 N–H and O–H groups in total. The predicted octanol–water partition coefficient (Wildman–Crippen LogP) is 4.64. The number of anilines is 1. The molecule has 0 saturated heterocycles. The Hall–Kier alpha value is -3.39. The van der Waals surface area contributed by atoms with Crippen LogP contribution in [0.15, 0.2) is 42.5 Å². The molecule has 29 heavy (non-hydrogen) atoms. The van der Waals surface area contributed by atoms with Gasteiger partial charge in [-0.1, -0.05) is 23.7 Å². The lowest BCUT2D eigenvalue weighted by atomic mass is 10.1. The summed E-state index contributed by atoms with van der Waals surface area (Å²) in [4.78, 5) is 20.8. The zero-order valence-corrected chi connectivity index (χ0v) is 16.6. The molecule has 1 amide bonds. The summed E-state index contributed by atoms with van der Waals surface area (Å²) < 4.78 is 30.2. The van der Waals surface area contributed by atoms with E-state index in [0.717, 1.165) is 6.07 Å². The Morgan fingerprint density at radius 1 is 1.07 bits per heavy atom. The maximum absolute atomic E-state index is 14.5. The molecule has 1 heterocycles. The summed E-state index contributed by atoms with van der Waals surface area (Å²) >= 11 is 6.08. The third-order valence-electron chi connectivity index (χ3n) is 4.00. The molecule has 0 unspecified atom stereocenters. The Morgan fingerprint density at radius 3 is 2.38 bits per heavy atom. The van der Waals surface area contributed by atoms with Crippen molar-refractivity contribution in [1.82, 2.24) is 9.97 Å². The average molecular weight is 418 g/mol. The van der Waals surface area contributed by atoms with E-state index in [1.165, 1.54) is 32.4 Å². The van der Waals surface area contributed by atoms with Gasteiger partial charge in [0.1, 0.15) is 17.1 Å². The smallest absolute Gasteiger partial charge is 0.328 e. The van der Waals surface area contributed by atoms with Crippen LogP contribution >= 0.6 is 11.6 Å². The van der Waals surface area contributed by atoms with Crippen molar-refractivity contribution in [2.45, 2.75) is 6.92 Å². The van der Waals surface area contributed by atoms with Crippen molar-refractivity contribution in [3.63, 3.8) is 0 Å². The third-order valence-corrected chi connectivity index (χ3v) is 4.41. The lowest BCUT2D eigenvalue weighted by Crippen LogP contribution is -2.16. The number of carbonyl (C=O) groups excluding carboxylic acids is 1. The van der Waals surface area contributed by atoms with Crippen molar-refractivity contribution in [3.8, 4) is 23.5 Å². The lowest BCUT2D eigenvalue weighted by Gasteiger charge is -2.13. The number of carbonyl (C=O) groups is 1. The van der Waals surface area contributed by atoms with Crippen LogP contribution in [0.25, 0.3) is 0 Å². The summed E-state index contributed by atoms with van der Waals surface area (Å²) in [7, 11) is 2.83. The Kier molecular flexibility index (Phi) is 6.13. The van der Waals surface area contributed by atoms with Crippen LogP contribution in [0.1, 0.15) is 15.9 Å². The molecular formula is C20H17ClFN3O4. The fourth-order valence-electron chi connectivity index (χ4n) is 2.47. The molecule has 0 atom stereocenters. The van der Waals surface area contributed by atoms with Gasteiger partial charge in [0.2, 0.25) is 11.8 Å². The van der Waals surface area contributed by atoms with Gasteiger partial charge in [-0.2, -0.15) is 9.97 Å². The van der Waals surface area contributed by atoms with Crippen LogP contribution < -0.4 is 19.5 Å². The molecule has 9 heteroatoms.